The van der Waals surface area contributed by atoms with Crippen molar-refractivity contribution in [3.63, 3.8) is 0 Å². The molecular weight excluding hydrogens is 306 g/mol. The van der Waals surface area contributed by atoms with Crippen LogP contribution < -0.4 is 4.90 Å². The molecule has 0 bridgehead atoms. The van der Waals surface area contributed by atoms with Crippen LogP contribution in [0, 0.1) is 6.92 Å². The highest BCUT2D eigenvalue weighted by molar-refractivity contribution is 5.79. The second-order valence-corrected chi connectivity index (χ2v) is 7.43. The van der Waals surface area contributed by atoms with Crippen molar-refractivity contribution >= 4 is 6.21 Å². The number of hydrogen-bond donors (Lipinski definition) is 1. The van der Waals surface area contributed by atoms with Gasteiger partial charge in [0, 0.05) is 5.56 Å². The smallest absolute Gasteiger partial charge is 0.103 e. The zero-order chi connectivity index (χ0) is 17.6. The lowest BCUT2D eigenvalue weighted by molar-refractivity contribution is -0.918. The van der Waals surface area contributed by atoms with Gasteiger partial charge in [-0.25, -0.2) is 0 Å². The molecule has 3 nitrogen and oxygen atoms in total. The van der Waals surface area contributed by atoms with Crippen LogP contribution in [0.25, 0.3) is 0 Å². The van der Waals surface area contributed by atoms with E-state index in [9.17, 15) is 0 Å². The summed E-state index contributed by atoms with van der Waals surface area (Å²) in [5, 5.41) is 6.88. The summed E-state index contributed by atoms with van der Waals surface area (Å²) in [6, 6.07) is 17.7. The van der Waals surface area contributed by atoms with Crippen molar-refractivity contribution in [3.8, 4) is 0 Å². The lowest BCUT2D eigenvalue weighted by atomic mass is 10.0. The highest BCUT2D eigenvalue weighted by Crippen LogP contribution is 2.14. The number of piperazine rings is 1. The molecule has 1 saturated heterocycles. The number of quaternary nitrogens is 1. The Kier molecular flexibility index (Phi) is 5.87. The molecule has 0 saturated carbocycles. The molecule has 2 aromatic rings. The number of benzene rings is 2. The fourth-order valence-electron chi connectivity index (χ4n) is 3.21. The van der Waals surface area contributed by atoms with E-state index < -0.39 is 0 Å². The first-order chi connectivity index (χ1) is 12.1. The molecule has 1 N–H and O–H groups in total. The average molecular weight is 337 g/mol. The van der Waals surface area contributed by atoms with Crippen molar-refractivity contribution in [2.24, 2.45) is 5.10 Å². The fourth-order valence-corrected chi connectivity index (χ4v) is 3.21. The fraction of sp³-hybridized carbons (Fsp3) is 0.409. The Balaban J connectivity index is 1.47. The topological polar surface area (TPSA) is 20.0 Å². The summed E-state index contributed by atoms with van der Waals surface area (Å²) in [5.41, 5.74) is 5.33. The van der Waals surface area contributed by atoms with Gasteiger partial charge >= 0.3 is 0 Å². The summed E-state index contributed by atoms with van der Waals surface area (Å²) in [7, 11) is 0. The van der Waals surface area contributed by atoms with Crippen LogP contribution in [0.15, 0.2) is 53.6 Å². The van der Waals surface area contributed by atoms with Crippen molar-refractivity contribution in [1.82, 2.24) is 5.01 Å². The summed E-state index contributed by atoms with van der Waals surface area (Å²) in [4.78, 5) is 1.65. The third-order valence-electron chi connectivity index (χ3n) is 4.99. The number of rotatable bonds is 5. The highest BCUT2D eigenvalue weighted by atomic mass is 15.5. The van der Waals surface area contributed by atoms with Crippen LogP contribution in [0.2, 0.25) is 0 Å². The Labute approximate surface area is 152 Å². The van der Waals surface area contributed by atoms with E-state index in [1.165, 1.54) is 22.3 Å². The maximum Gasteiger partial charge on any atom is 0.103 e. The van der Waals surface area contributed by atoms with Gasteiger partial charge in [0.2, 0.25) is 0 Å². The van der Waals surface area contributed by atoms with Crippen LogP contribution >= 0.6 is 0 Å². The molecule has 1 aliphatic heterocycles. The van der Waals surface area contributed by atoms with Gasteiger partial charge in [-0.1, -0.05) is 67.9 Å². The first-order valence-corrected chi connectivity index (χ1v) is 9.38. The van der Waals surface area contributed by atoms with E-state index in [0.717, 1.165) is 32.7 Å². The molecule has 25 heavy (non-hydrogen) atoms. The van der Waals surface area contributed by atoms with Crippen LogP contribution in [0.1, 0.15) is 42.0 Å². The Morgan fingerprint density at radius 1 is 1.00 bits per heavy atom. The number of hydrazone groups is 1. The second kappa shape index (κ2) is 8.30. The Morgan fingerprint density at radius 3 is 2.24 bits per heavy atom. The molecule has 1 heterocycles. The molecule has 0 radical (unpaired) electrons. The van der Waals surface area contributed by atoms with Gasteiger partial charge in [-0.05, 0) is 24.0 Å². The van der Waals surface area contributed by atoms with Gasteiger partial charge in [0.25, 0.3) is 0 Å². The zero-order valence-electron chi connectivity index (χ0n) is 15.7. The minimum absolute atomic E-state index is 0.579. The lowest BCUT2D eigenvalue weighted by Gasteiger charge is -2.30. The third-order valence-corrected chi connectivity index (χ3v) is 4.99. The molecule has 0 aliphatic carbocycles. The molecule has 2 aromatic carbocycles. The number of nitrogens with zero attached hydrogens (tertiary/aromatic N) is 2. The van der Waals surface area contributed by atoms with E-state index in [1.807, 2.05) is 6.21 Å². The average Bonchev–Trinajstić information content (AvgIpc) is 2.63. The molecular formula is C22H30N3+. The largest absolute Gasteiger partial charge is 0.328 e. The maximum atomic E-state index is 4.68. The normalized spacial score (nSPS) is 16.1. The second-order valence-electron chi connectivity index (χ2n) is 7.43. The molecule has 0 atom stereocenters. The molecule has 1 aliphatic rings. The first kappa shape index (κ1) is 17.7. The van der Waals surface area contributed by atoms with Crippen molar-refractivity contribution in [1.29, 1.82) is 0 Å². The van der Waals surface area contributed by atoms with E-state index in [-0.39, 0.29) is 0 Å². The predicted octanol–water partition coefficient (Wildman–Crippen LogP) is 2.85. The minimum Gasteiger partial charge on any atom is -0.328 e. The predicted molar refractivity (Wildman–Crippen MR) is 105 cm³/mol. The summed E-state index contributed by atoms with van der Waals surface area (Å²) >= 11 is 0. The van der Waals surface area contributed by atoms with Gasteiger partial charge in [-0.2, -0.15) is 5.10 Å². The molecule has 0 aromatic heterocycles. The van der Waals surface area contributed by atoms with Crippen molar-refractivity contribution in [2.75, 3.05) is 26.2 Å². The summed E-state index contributed by atoms with van der Waals surface area (Å²) in [5.74, 6) is 0.579. The van der Waals surface area contributed by atoms with Gasteiger partial charge in [0.05, 0.1) is 32.4 Å². The quantitative estimate of drug-likeness (QED) is 0.833. The summed E-state index contributed by atoms with van der Waals surface area (Å²) in [6.45, 7) is 12.1. The van der Waals surface area contributed by atoms with Crippen molar-refractivity contribution in [3.05, 3.63) is 70.8 Å². The standard InChI is InChI=1S/C22H29N3/c1-18(2)22-10-8-20(9-11-22)16-23-25-14-12-24(13-15-25)17-21-6-4-19(3)5-7-21/h4-11,16,18H,12-15,17H2,1-3H3/p+1/b23-16+. The maximum absolute atomic E-state index is 4.68. The first-order valence-electron chi connectivity index (χ1n) is 9.38. The Morgan fingerprint density at radius 2 is 1.64 bits per heavy atom. The van der Waals surface area contributed by atoms with Gasteiger partial charge in [-0.3, -0.25) is 5.01 Å². The van der Waals surface area contributed by atoms with Crippen LogP contribution in [0.3, 0.4) is 0 Å². The van der Waals surface area contributed by atoms with E-state index in [0.29, 0.717) is 5.92 Å². The van der Waals surface area contributed by atoms with Gasteiger partial charge in [0.15, 0.2) is 0 Å². The minimum atomic E-state index is 0.579. The molecule has 1 fully saturated rings. The monoisotopic (exact) mass is 336 g/mol. The molecule has 0 spiro atoms. The number of aryl methyl sites for hydroxylation is 1. The van der Waals surface area contributed by atoms with E-state index in [1.54, 1.807) is 4.90 Å². The van der Waals surface area contributed by atoms with Crippen molar-refractivity contribution < 1.29 is 4.90 Å². The van der Waals surface area contributed by atoms with Gasteiger partial charge in [-0.15, -0.1) is 0 Å². The summed E-state index contributed by atoms with van der Waals surface area (Å²) < 4.78 is 0. The van der Waals surface area contributed by atoms with Crippen LogP contribution in [-0.4, -0.2) is 37.4 Å². The molecule has 3 rings (SSSR count). The Hall–Kier alpha value is -2.13. The zero-order valence-corrected chi connectivity index (χ0v) is 15.7. The van der Waals surface area contributed by atoms with Crippen LogP contribution in [0.5, 0.6) is 0 Å². The lowest BCUT2D eigenvalue weighted by Crippen LogP contribution is -3.13. The van der Waals surface area contributed by atoms with E-state index >= 15 is 0 Å². The molecule has 0 amide bonds. The third kappa shape index (κ3) is 5.17. The SMILES string of the molecule is Cc1ccc(C[NH+]2CCN(/N=C/c3ccc(C(C)C)cc3)CC2)cc1. The number of nitrogens with one attached hydrogen (secondary N) is 1. The van der Waals surface area contributed by atoms with Crippen LogP contribution in [0.4, 0.5) is 0 Å². The Bertz CT molecular complexity index is 678. The van der Waals surface area contributed by atoms with E-state index in [2.05, 4.69) is 79.4 Å². The summed E-state index contributed by atoms with van der Waals surface area (Å²) in [6.07, 6.45) is 2.00. The molecule has 132 valence electrons. The van der Waals surface area contributed by atoms with Crippen molar-refractivity contribution in [2.45, 2.75) is 33.2 Å². The van der Waals surface area contributed by atoms with E-state index in [4.69, 9.17) is 0 Å². The molecule has 0 unspecified atom stereocenters. The highest BCUT2D eigenvalue weighted by Gasteiger charge is 2.18. The number of hydrogen-bond acceptors (Lipinski definition) is 2. The molecule has 3 heteroatoms. The van der Waals surface area contributed by atoms with Gasteiger partial charge < -0.3 is 4.90 Å². The van der Waals surface area contributed by atoms with Crippen LogP contribution in [-0.2, 0) is 6.54 Å². The van der Waals surface area contributed by atoms with Gasteiger partial charge in [0.1, 0.15) is 6.54 Å².